The Morgan fingerprint density at radius 2 is 1.90 bits per heavy atom. The highest BCUT2D eigenvalue weighted by Crippen LogP contribution is 2.37. The molecule has 0 bridgehead atoms. The number of likely N-dealkylation sites (tertiary alicyclic amines) is 1. The zero-order valence-corrected chi connectivity index (χ0v) is 17.6. The van der Waals surface area contributed by atoms with E-state index in [0.29, 0.717) is 26.2 Å². The predicted octanol–water partition coefficient (Wildman–Crippen LogP) is 2.46. The number of rotatable bonds is 2. The summed E-state index contributed by atoms with van der Waals surface area (Å²) < 4.78 is 11.9. The fourth-order valence-corrected chi connectivity index (χ4v) is 4.42. The van der Waals surface area contributed by atoms with Crippen LogP contribution in [0, 0.1) is 0 Å². The van der Waals surface area contributed by atoms with Gasteiger partial charge in [-0.15, -0.1) is 0 Å². The Morgan fingerprint density at radius 3 is 2.55 bits per heavy atom. The molecule has 2 amide bonds. The highest BCUT2D eigenvalue weighted by molar-refractivity contribution is 5.79. The maximum Gasteiger partial charge on any atom is 0.410 e. The van der Waals surface area contributed by atoms with Gasteiger partial charge in [-0.05, 0) is 39.2 Å². The minimum Gasteiger partial charge on any atom is -0.444 e. The van der Waals surface area contributed by atoms with Crippen molar-refractivity contribution >= 4 is 12.0 Å². The molecule has 1 aromatic carbocycles. The highest BCUT2D eigenvalue weighted by Gasteiger charge is 2.51. The lowest BCUT2D eigenvalue weighted by molar-refractivity contribution is -0.150. The Hall–Kier alpha value is -2.12. The fourth-order valence-electron chi connectivity index (χ4n) is 4.42. The topological polar surface area (TPSA) is 62.3 Å². The molecular weight excluding hydrogens is 370 g/mol. The summed E-state index contributed by atoms with van der Waals surface area (Å²) in [5.41, 5.74) is 0.361. The largest absolute Gasteiger partial charge is 0.444 e. The average molecular weight is 402 g/mol. The van der Waals surface area contributed by atoms with Gasteiger partial charge < -0.3 is 19.3 Å². The van der Waals surface area contributed by atoms with E-state index in [9.17, 15) is 9.59 Å². The maximum absolute atomic E-state index is 12.8. The van der Waals surface area contributed by atoms with Crippen LogP contribution in [0.1, 0.15) is 39.2 Å². The number of piperazine rings is 1. The number of fused-ring (bicyclic) bond motifs is 1. The molecule has 3 fully saturated rings. The van der Waals surface area contributed by atoms with Crippen LogP contribution in [0.4, 0.5) is 4.79 Å². The number of hydrogen-bond donors (Lipinski definition) is 0. The van der Waals surface area contributed by atoms with Crippen molar-refractivity contribution in [1.29, 1.82) is 0 Å². The van der Waals surface area contributed by atoms with Crippen molar-refractivity contribution in [3.8, 4) is 0 Å². The van der Waals surface area contributed by atoms with Crippen LogP contribution in [0.25, 0.3) is 0 Å². The lowest BCUT2D eigenvalue weighted by atomic mass is 9.91. The van der Waals surface area contributed by atoms with Gasteiger partial charge >= 0.3 is 6.09 Å². The van der Waals surface area contributed by atoms with Crippen LogP contribution < -0.4 is 0 Å². The van der Waals surface area contributed by atoms with E-state index >= 15 is 0 Å². The van der Waals surface area contributed by atoms with E-state index in [2.05, 4.69) is 17.0 Å². The molecule has 1 atom stereocenters. The molecule has 158 valence electrons. The molecule has 7 heteroatoms. The summed E-state index contributed by atoms with van der Waals surface area (Å²) in [6, 6.07) is 10.2. The summed E-state index contributed by atoms with van der Waals surface area (Å²) in [4.78, 5) is 30.9. The van der Waals surface area contributed by atoms with Gasteiger partial charge in [0.05, 0.1) is 18.7 Å². The second-order valence-corrected chi connectivity index (χ2v) is 9.40. The van der Waals surface area contributed by atoms with Crippen LogP contribution in [0.5, 0.6) is 0 Å². The molecule has 3 saturated heterocycles. The molecule has 7 nitrogen and oxygen atoms in total. The van der Waals surface area contributed by atoms with Crippen LogP contribution >= 0.6 is 0 Å². The van der Waals surface area contributed by atoms with Crippen molar-refractivity contribution in [1.82, 2.24) is 14.7 Å². The standard InChI is InChI=1S/C22H31N3O4/c1-21(2,3)29-20(27)24-11-9-22(10-12-24)16-25-18(26)14-23(15-19(25)28-22)13-17-7-5-4-6-8-17/h4-8,19H,9-16H2,1-3H3. The summed E-state index contributed by atoms with van der Waals surface area (Å²) in [6.07, 6.45) is 0.984. The second kappa shape index (κ2) is 7.61. The SMILES string of the molecule is CC(C)(C)OC(=O)N1CCC2(CC1)CN1C(=O)CN(Cc3ccccc3)CC1O2. The van der Waals surface area contributed by atoms with Crippen molar-refractivity contribution < 1.29 is 19.1 Å². The highest BCUT2D eigenvalue weighted by atomic mass is 16.6. The normalized spacial score (nSPS) is 24.7. The van der Waals surface area contributed by atoms with Crippen LogP contribution in [-0.2, 0) is 20.8 Å². The zero-order valence-electron chi connectivity index (χ0n) is 17.6. The van der Waals surface area contributed by atoms with Gasteiger partial charge in [0.2, 0.25) is 5.91 Å². The Kier molecular flexibility index (Phi) is 5.29. The number of ether oxygens (including phenoxy) is 2. The third kappa shape index (κ3) is 4.56. The third-order valence-corrected chi connectivity index (χ3v) is 5.86. The van der Waals surface area contributed by atoms with E-state index in [1.54, 1.807) is 4.90 Å². The molecule has 1 spiro atoms. The van der Waals surface area contributed by atoms with Crippen molar-refractivity contribution in [2.75, 3.05) is 32.7 Å². The molecule has 0 aliphatic carbocycles. The number of carbonyl (C=O) groups excluding carboxylic acids is 2. The fraction of sp³-hybridized carbons (Fsp3) is 0.636. The van der Waals surface area contributed by atoms with E-state index in [1.807, 2.05) is 43.9 Å². The molecule has 0 N–H and O–H groups in total. The molecule has 4 rings (SSSR count). The quantitative estimate of drug-likeness (QED) is 0.762. The predicted molar refractivity (Wildman–Crippen MR) is 108 cm³/mol. The van der Waals surface area contributed by atoms with Gasteiger partial charge in [0.25, 0.3) is 0 Å². The summed E-state index contributed by atoms with van der Waals surface area (Å²) in [5, 5.41) is 0. The van der Waals surface area contributed by atoms with Crippen LogP contribution in [0.2, 0.25) is 0 Å². The first kappa shape index (κ1) is 20.2. The van der Waals surface area contributed by atoms with Gasteiger partial charge in [-0.2, -0.15) is 0 Å². The van der Waals surface area contributed by atoms with E-state index in [-0.39, 0.29) is 23.8 Å². The molecule has 3 heterocycles. The maximum atomic E-state index is 12.8. The Labute approximate surface area is 172 Å². The first-order chi connectivity index (χ1) is 13.7. The van der Waals surface area contributed by atoms with Crippen LogP contribution in [0.15, 0.2) is 30.3 Å². The Morgan fingerprint density at radius 1 is 1.21 bits per heavy atom. The van der Waals surface area contributed by atoms with Gasteiger partial charge in [0.15, 0.2) is 0 Å². The molecule has 1 aromatic rings. The monoisotopic (exact) mass is 401 g/mol. The molecule has 0 radical (unpaired) electrons. The van der Waals surface area contributed by atoms with Crippen molar-refractivity contribution in [3.63, 3.8) is 0 Å². The van der Waals surface area contributed by atoms with Crippen molar-refractivity contribution in [2.45, 2.75) is 57.6 Å². The van der Waals surface area contributed by atoms with E-state index in [4.69, 9.17) is 9.47 Å². The minimum absolute atomic E-state index is 0.128. The van der Waals surface area contributed by atoms with Crippen LogP contribution in [-0.4, -0.2) is 76.9 Å². The van der Waals surface area contributed by atoms with Gasteiger partial charge in [0.1, 0.15) is 11.8 Å². The Balaban J connectivity index is 1.35. The molecule has 3 aliphatic heterocycles. The van der Waals surface area contributed by atoms with E-state index < -0.39 is 5.60 Å². The minimum atomic E-state index is -0.495. The van der Waals surface area contributed by atoms with Crippen molar-refractivity contribution in [3.05, 3.63) is 35.9 Å². The lowest BCUT2D eigenvalue weighted by Gasteiger charge is -2.38. The third-order valence-electron chi connectivity index (χ3n) is 5.86. The number of carbonyl (C=O) groups is 2. The number of amides is 2. The number of nitrogens with zero attached hydrogens (tertiary/aromatic N) is 3. The summed E-state index contributed by atoms with van der Waals surface area (Å²) in [6.45, 7) is 9.34. The van der Waals surface area contributed by atoms with Crippen molar-refractivity contribution in [2.24, 2.45) is 0 Å². The smallest absolute Gasteiger partial charge is 0.410 e. The second-order valence-electron chi connectivity index (χ2n) is 9.40. The number of hydrogen-bond acceptors (Lipinski definition) is 5. The van der Waals surface area contributed by atoms with Gasteiger partial charge in [-0.3, -0.25) is 9.69 Å². The molecule has 3 aliphatic rings. The van der Waals surface area contributed by atoms with E-state index in [1.165, 1.54) is 5.56 Å². The van der Waals surface area contributed by atoms with Gasteiger partial charge in [-0.1, -0.05) is 30.3 Å². The number of piperidine rings is 1. The average Bonchev–Trinajstić information content (AvgIpc) is 3.00. The molecule has 29 heavy (non-hydrogen) atoms. The van der Waals surface area contributed by atoms with Gasteiger partial charge in [-0.25, -0.2) is 4.79 Å². The number of benzene rings is 1. The molecule has 0 aromatic heterocycles. The van der Waals surface area contributed by atoms with Gasteiger partial charge in [0, 0.05) is 26.2 Å². The Bertz CT molecular complexity index is 753. The molecular formula is C22H31N3O4. The lowest BCUT2D eigenvalue weighted by Crippen LogP contribution is -2.53. The molecule has 1 unspecified atom stereocenters. The van der Waals surface area contributed by atoms with E-state index in [0.717, 1.165) is 25.9 Å². The summed E-state index contributed by atoms with van der Waals surface area (Å²) in [7, 11) is 0. The van der Waals surface area contributed by atoms with Crippen LogP contribution in [0.3, 0.4) is 0 Å². The molecule has 0 saturated carbocycles. The first-order valence-corrected chi connectivity index (χ1v) is 10.4. The zero-order chi connectivity index (χ0) is 20.6. The summed E-state index contributed by atoms with van der Waals surface area (Å²) >= 11 is 0. The summed E-state index contributed by atoms with van der Waals surface area (Å²) in [5.74, 6) is 0.128. The first-order valence-electron chi connectivity index (χ1n) is 10.4.